The molecule has 13 heteroatoms. The Bertz CT molecular complexity index is 817. The van der Waals surface area contributed by atoms with Gasteiger partial charge >= 0.3 is 0 Å². The van der Waals surface area contributed by atoms with Crippen LogP contribution >= 0.6 is 0 Å². The van der Waals surface area contributed by atoms with E-state index in [1.54, 1.807) is 20.8 Å². The second-order valence-electron chi connectivity index (χ2n) is 9.07. The Hall–Kier alpha value is -3.51. The fourth-order valence-electron chi connectivity index (χ4n) is 3.34. The molecular weight excluding hydrogens is 472 g/mol. The number of hydrogen-bond acceptors (Lipinski definition) is 7. The van der Waals surface area contributed by atoms with E-state index in [-0.39, 0.29) is 37.5 Å². The van der Waals surface area contributed by atoms with Gasteiger partial charge in [-0.05, 0) is 24.7 Å². The van der Waals surface area contributed by atoms with Crippen molar-refractivity contribution in [2.45, 2.75) is 90.9 Å². The normalized spacial score (nSPS) is 14.9. The third kappa shape index (κ3) is 11.8. The lowest BCUT2D eigenvalue weighted by atomic mass is 9.96. The molecule has 0 aromatic heterocycles. The highest BCUT2D eigenvalue weighted by molar-refractivity contribution is 5.95. The monoisotopic (exact) mass is 512 g/mol. The van der Waals surface area contributed by atoms with Crippen molar-refractivity contribution in [3.63, 3.8) is 0 Å². The minimum absolute atomic E-state index is 0.000674. The molecule has 0 aliphatic heterocycles. The maximum absolute atomic E-state index is 13.1. The van der Waals surface area contributed by atoms with Crippen molar-refractivity contribution in [2.75, 3.05) is 0 Å². The lowest BCUT2D eigenvalue weighted by Gasteiger charge is -2.29. The molecule has 0 aromatic carbocycles. The smallest absolute Gasteiger partial charge is 0.243 e. The minimum atomic E-state index is -1.27. The highest BCUT2D eigenvalue weighted by atomic mass is 16.2. The van der Waals surface area contributed by atoms with Crippen LogP contribution in [0.15, 0.2) is 0 Å². The molecule has 0 bridgehead atoms. The lowest BCUT2D eigenvalue weighted by Crippen LogP contribution is -2.60. The second-order valence-corrected chi connectivity index (χ2v) is 9.07. The minimum Gasteiger partial charge on any atom is -0.370 e. The van der Waals surface area contributed by atoms with Crippen LogP contribution in [-0.4, -0.2) is 65.9 Å². The van der Waals surface area contributed by atoms with Gasteiger partial charge in [0.2, 0.25) is 35.4 Å². The number of carbonyl (C=O) groups is 7. The van der Waals surface area contributed by atoms with Crippen LogP contribution in [0.2, 0.25) is 0 Å². The van der Waals surface area contributed by atoms with Crippen molar-refractivity contribution >= 4 is 41.7 Å². The molecule has 6 amide bonds. The first-order valence-corrected chi connectivity index (χ1v) is 11.9. The van der Waals surface area contributed by atoms with E-state index in [0.717, 1.165) is 0 Å². The summed E-state index contributed by atoms with van der Waals surface area (Å²) in [7, 11) is 0. The quantitative estimate of drug-likeness (QED) is 0.125. The Labute approximate surface area is 211 Å². The number of nitrogens with two attached hydrogens (primary N) is 2. The summed E-state index contributed by atoms with van der Waals surface area (Å²) in [6.07, 6.45) is 0.665. The van der Waals surface area contributed by atoms with E-state index in [4.69, 9.17) is 11.5 Å². The molecule has 0 saturated heterocycles. The molecular formula is C23H40N6O7. The van der Waals surface area contributed by atoms with Gasteiger partial charge in [0, 0.05) is 19.8 Å². The van der Waals surface area contributed by atoms with Crippen molar-refractivity contribution in [1.29, 1.82) is 0 Å². The summed E-state index contributed by atoms with van der Waals surface area (Å²) in [5, 5.41) is 10.0. The fraction of sp³-hybridized carbons (Fsp3) is 0.696. The number of primary amides is 2. The second kappa shape index (κ2) is 16.2. The number of amides is 6. The molecule has 0 radical (unpaired) electrons. The van der Waals surface area contributed by atoms with Crippen LogP contribution < -0.4 is 32.7 Å². The zero-order valence-electron chi connectivity index (χ0n) is 21.6. The molecule has 0 spiro atoms. The molecule has 13 nitrogen and oxygen atoms in total. The number of nitrogens with one attached hydrogen (secondary N) is 4. The van der Waals surface area contributed by atoms with Gasteiger partial charge < -0.3 is 37.5 Å². The van der Waals surface area contributed by atoms with E-state index in [9.17, 15) is 33.6 Å². The summed E-state index contributed by atoms with van der Waals surface area (Å²) in [4.78, 5) is 84.2. The van der Waals surface area contributed by atoms with Gasteiger partial charge in [0.1, 0.15) is 30.5 Å². The molecule has 8 N–H and O–H groups in total. The highest BCUT2D eigenvalue weighted by Crippen LogP contribution is 2.11. The van der Waals surface area contributed by atoms with Gasteiger partial charge in [-0.3, -0.25) is 28.8 Å². The molecule has 0 rings (SSSR count). The fourth-order valence-corrected chi connectivity index (χ4v) is 3.34. The van der Waals surface area contributed by atoms with Gasteiger partial charge in [-0.1, -0.05) is 34.1 Å². The number of aldehydes is 1. The van der Waals surface area contributed by atoms with Crippen molar-refractivity contribution in [2.24, 2.45) is 23.3 Å². The van der Waals surface area contributed by atoms with Crippen molar-refractivity contribution in [3.05, 3.63) is 0 Å². The first-order valence-electron chi connectivity index (χ1n) is 11.9. The van der Waals surface area contributed by atoms with Crippen LogP contribution in [0.1, 0.15) is 66.7 Å². The molecule has 0 aliphatic carbocycles. The van der Waals surface area contributed by atoms with Gasteiger partial charge in [-0.2, -0.15) is 0 Å². The Kier molecular flexibility index (Phi) is 14.6. The van der Waals surface area contributed by atoms with E-state index in [0.29, 0.717) is 12.7 Å². The first-order chi connectivity index (χ1) is 16.7. The molecule has 36 heavy (non-hydrogen) atoms. The standard InChI is InChI=1S/C23H40N6O7/c1-6-13(4)19(23(36)28-18(12(2)3)20(25)33)29-22(35)16(9-10-17(24)32)27-21(34)15(8-7-11-30)26-14(5)31/h11-13,15-16,18-19H,6-10H2,1-5H3,(H2,24,32)(H2,25,33)(H,26,31)(H,27,34)(H,28,36)(H,29,35)/t13-,15?,16?,18?,19+/m1/s1. The number of carbonyl (C=O) groups excluding carboxylic acids is 7. The average Bonchev–Trinajstić information content (AvgIpc) is 2.79. The number of rotatable bonds is 17. The van der Waals surface area contributed by atoms with E-state index in [1.165, 1.54) is 6.92 Å². The topological polar surface area (TPSA) is 220 Å². The van der Waals surface area contributed by atoms with Crippen LogP contribution in [0, 0.1) is 11.8 Å². The zero-order chi connectivity index (χ0) is 28.0. The van der Waals surface area contributed by atoms with Crippen molar-refractivity contribution in [3.8, 4) is 0 Å². The van der Waals surface area contributed by atoms with Gasteiger partial charge in [0.25, 0.3) is 0 Å². The van der Waals surface area contributed by atoms with Crippen LogP contribution in [0.25, 0.3) is 0 Å². The Morgan fingerprint density at radius 1 is 0.778 bits per heavy atom. The number of hydrogen-bond donors (Lipinski definition) is 6. The molecule has 0 heterocycles. The average molecular weight is 513 g/mol. The van der Waals surface area contributed by atoms with Gasteiger partial charge in [0.05, 0.1) is 0 Å². The van der Waals surface area contributed by atoms with E-state index < -0.39 is 59.6 Å². The van der Waals surface area contributed by atoms with E-state index >= 15 is 0 Å². The largest absolute Gasteiger partial charge is 0.370 e. The summed E-state index contributed by atoms with van der Waals surface area (Å²) in [6.45, 7) is 8.14. The van der Waals surface area contributed by atoms with Crippen LogP contribution in [0.4, 0.5) is 0 Å². The SMILES string of the molecule is CC[C@@H](C)[C@H](NC(=O)C(CCC(N)=O)NC(=O)C(CCC=O)NC(C)=O)C(=O)NC(C(N)=O)C(C)C. The lowest BCUT2D eigenvalue weighted by molar-refractivity contribution is -0.135. The summed E-state index contributed by atoms with van der Waals surface area (Å²) in [5.41, 5.74) is 10.6. The maximum atomic E-state index is 13.1. The van der Waals surface area contributed by atoms with E-state index in [1.807, 2.05) is 6.92 Å². The van der Waals surface area contributed by atoms with Crippen LogP contribution in [0.5, 0.6) is 0 Å². The summed E-state index contributed by atoms with van der Waals surface area (Å²) < 4.78 is 0. The zero-order valence-corrected chi connectivity index (χ0v) is 21.6. The molecule has 0 fully saturated rings. The molecule has 3 unspecified atom stereocenters. The summed E-state index contributed by atoms with van der Waals surface area (Å²) in [5.74, 6) is -4.73. The van der Waals surface area contributed by atoms with E-state index in [2.05, 4.69) is 21.3 Å². The summed E-state index contributed by atoms with van der Waals surface area (Å²) >= 11 is 0. The maximum Gasteiger partial charge on any atom is 0.243 e. The summed E-state index contributed by atoms with van der Waals surface area (Å²) in [6, 6.07) is -4.39. The Balaban J connectivity index is 5.80. The predicted octanol–water partition coefficient (Wildman–Crippen LogP) is -1.62. The molecule has 0 aromatic rings. The third-order valence-corrected chi connectivity index (χ3v) is 5.64. The van der Waals surface area contributed by atoms with Crippen LogP contribution in [-0.2, 0) is 33.6 Å². The molecule has 204 valence electrons. The molecule has 0 saturated carbocycles. The predicted molar refractivity (Wildman–Crippen MR) is 131 cm³/mol. The van der Waals surface area contributed by atoms with Gasteiger partial charge in [0.15, 0.2) is 0 Å². The van der Waals surface area contributed by atoms with Gasteiger partial charge in [-0.25, -0.2) is 0 Å². The highest BCUT2D eigenvalue weighted by Gasteiger charge is 2.33. The molecule has 5 atom stereocenters. The van der Waals surface area contributed by atoms with Crippen molar-refractivity contribution in [1.82, 2.24) is 21.3 Å². The third-order valence-electron chi connectivity index (χ3n) is 5.64. The Morgan fingerprint density at radius 2 is 1.31 bits per heavy atom. The van der Waals surface area contributed by atoms with Gasteiger partial charge in [-0.15, -0.1) is 0 Å². The molecule has 0 aliphatic rings. The van der Waals surface area contributed by atoms with Crippen LogP contribution in [0.3, 0.4) is 0 Å². The first kappa shape index (κ1) is 32.5. The Morgan fingerprint density at radius 3 is 1.75 bits per heavy atom. The van der Waals surface area contributed by atoms with Crippen molar-refractivity contribution < 1.29 is 33.6 Å².